The Hall–Kier alpha value is -2.04. The van der Waals surface area contributed by atoms with Crippen LogP contribution in [0.2, 0.25) is 0 Å². The smallest absolute Gasteiger partial charge is 0.330 e. The highest BCUT2D eigenvalue weighted by Crippen LogP contribution is 2.29. The van der Waals surface area contributed by atoms with E-state index in [1.165, 1.54) is 14.0 Å². The molecule has 5 nitrogen and oxygen atoms in total. The number of hydrogen-bond acceptors (Lipinski definition) is 4. The number of nitrogens with one attached hydrogen (secondary N) is 2. The van der Waals surface area contributed by atoms with Gasteiger partial charge in [0.15, 0.2) is 0 Å². The van der Waals surface area contributed by atoms with Crippen molar-refractivity contribution >= 4 is 17.6 Å². The van der Waals surface area contributed by atoms with Gasteiger partial charge in [0.05, 0.1) is 7.11 Å². The standard InChI is InChI=1S/C16H24N2O3/c1-11(19)18-14(15(20)21-5)10-17-13-9-7-6-8-12(13)16(2,3)4/h6-9,14,17H,10H2,1-5H3,(H,18,19). The SMILES string of the molecule is COC(=O)C(CNc1ccccc1C(C)(C)C)NC(C)=O. The summed E-state index contributed by atoms with van der Waals surface area (Å²) in [6.45, 7) is 8.02. The second-order valence-corrected chi connectivity index (χ2v) is 5.95. The lowest BCUT2D eigenvalue weighted by Crippen LogP contribution is -2.45. The van der Waals surface area contributed by atoms with Gasteiger partial charge in [-0.05, 0) is 17.0 Å². The lowest BCUT2D eigenvalue weighted by atomic mass is 9.86. The van der Waals surface area contributed by atoms with Crippen LogP contribution >= 0.6 is 0 Å². The Labute approximate surface area is 126 Å². The third kappa shape index (κ3) is 5.10. The number of esters is 1. The Morgan fingerprint density at radius 3 is 2.38 bits per heavy atom. The Morgan fingerprint density at radius 1 is 1.24 bits per heavy atom. The van der Waals surface area contributed by atoms with Crippen molar-refractivity contribution in [1.82, 2.24) is 5.32 Å². The summed E-state index contributed by atoms with van der Waals surface area (Å²) in [5.74, 6) is -0.734. The predicted molar refractivity (Wildman–Crippen MR) is 83.3 cm³/mol. The number of benzene rings is 1. The molecule has 5 heteroatoms. The van der Waals surface area contributed by atoms with Crippen molar-refractivity contribution in [3.8, 4) is 0 Å². The molecule has 0 radical (unpaired) electrons. The van der Waals surface area contributed by atoms with E-state index in [1.54, 1.807) is 0 Å². The maximum Gasteiger partial charge on any atom is 0.330 e. The summed E-state index contributed by atoms with van der Waals surface area (Å²) in [5.41, 5.74) is 2.08. The Bertz CT molecular complexity index is 506. The highest BCUT2D eigenvalue weighted by molar-refractivity contribution is 5.83. The summed E-state index contributed by atoms with van der Waals surface area (Å²) >= 11 is 0. The number of ether oxygens (including phenoxy) is 1. The fourth-order valence-electron chi connectivity index (χ4n) is 2.08. The molecule has 1 aromatic rings. The fourth-order valence-corrected chi connectivity index (χ4v) is 2.08. The lowest BCUT2D eigenvalue weighted by Gasteiger charge is -2.24. The molecule has 1 rings (SSSR count). The topological polar surface area (TPSA) is 67.4 Å². The van der Waals surface area contributed by atoms with E-state index < -0.39 is 12.0 Å². The van der Waals surface area contributed by atoms with Gasteiger partial charge in [0.25, 0.3) is 0 Å². The van der Waals surface area contributed by atoms with Crippen molar-refractivity contribution in [2.75, 3.05) is 19.0 Å². The van der Waals surface area contributed by atoms with Crippen LogP contribution in [0.15, 0.2) is 24.3 Å². The molecule has 21 heavy (non-hydrogen) atoms. The molecule has 1 atom stereocenters. The summed E-state index contributed by atoms with van der Waals surface area (Å²) in [5, 5.41) is 5.81. The van der Waals surface area contributed by atoms with Gasteiger partial charge >= 0.3 is 5.97 Å². The molecule has 2 N–H and O–H groups in total. The van der Waals surface area contributed by atoms with Gasteiger partial charge in [0, 0.05) is 19.2 Å². The van der Waals surface area contributed by atoms with E-state index in [0.717, 1.165) is 11.3 Å². The monoisotopic (exact) mass is 292 g/mol. The molecule has 0 aromatic heterocycles. The molecule has 0 saturated carbocycles. The molecule has 1 unspecified atom stereocenters. The van der Waals surface area contributed by atoms with E-state index in [2.05, 4.69) is 31.4 Å². The summed E-state index contributed by atoms with van der Waals surface area (Å²) < 4.78 is 4.71. The average molecular weight is 292 g/mol. The van der Waals surface area contributed by atoms with Gasteiger partial charge in [-0.2, -0.15) is 0 Å². The van der Waals surface area contributed by atoms with Crippen LogP contribution in [0.5, 0.6) is 0 Å². The van der Waals surface area contributed by atoms with Gasteiger partial charge in [-0.3, -0.25) is 4.79 Å². The van der Waals surface area contributed by atoms with Gasteiger partial charge in [0.2, 0.25) is 5.91 Å². The zero-order valence-electron chi connectivity index (χ0n) is 13.3. The second kappa shape index (κ2) is 7.11. The molecule has 116 valence electrons. The summed E-state index contributed by atoms with van der Waals surface area (Å²) in [6.07, 6.45) is 0. The number of rotatable bonds is 5. The molecule has 0 heterocycles. The molecular formula is C16H24N2O3. The number of carbonyl (C=O) groups excluding carboxylic acids is 2. The molecule has 0 bridgehead atoms. The van der Waals surface area contributed by atoms with E-state index in [9.17, 15) is 9.59 Å². The number of anilines is 1. The second-order valence-electron chi connectivity index (χ2n) is 5.95. The van der Waals surface area contributed by atoms with E-state index in [1.807, 2.05) is 24.3 Å². The minimum absolute atomic E-state index is 0.0155. The number of carbonyl (C=O) groups is 2. The number of amides is 1. The summed E-state index contributed by atoms with van der Waals surface area (Å²) in [7, 11) is 1.31. The van der Waals surface area contributed by atoms with E-state index in [4.69, 9.17) is 4.74 Å². The molecular weight excluding hydrogens is 268 g/mol. The van der Waals surface area contributed by atoms with Crippen LogP contribution in [-0.4, -0.2) is 31.6 Å². The van der Waals surface area contributed by atoms with Gasteiger partial charge in [0.1, 0.15) is 6.04 Å². The lowest BCUT2D eigenvalue weighted by molar-refractivity contribution is -0.144. The maximum atomic E-state index is 11.7. The molecule has 0 aliphatic rings. The molecule has 0 saturated heterocycles. The molecule has 0 fully saturated rings. The first-order valence-corrected chi connectivity index (χ1v) is 6.94. The summed E-state index contributed by atoms with van der Waals surface area (Å²) in [4.78, 5) is 22.8. The van der Waals surface area contributed by atoms with Crippen molar-refractivity contribution < 1.29 is 14.3 Å². The Morgan fingerprint density at radius 2 is 1.86 bits per heavy atom. The number of hydrogen-bond donors (Lipinski definition) is 2. The molecule has 1 aromatic carbocycles. The summed E-state index contributed by atoms with van der Waals surface area (Å²) in [6, 6.07) is 7.22. The average Bonchev–Trinajstić information content (AvgIpc) is 2.41. The largest absolute Gasteiger partial charge is 0.467 e. The maximum absolute atomic E-state index is 11.7. The van der Waals surface area contributed by atoms with Crippen molar-refractivity contribution in [2.24, 2.45) is 0 Å². The van der Waals surface area contributed by atoms with Crippen LogP contribution in [0.25, 0.3) is 0 Å². The van der Waals surface area contributed by atoms with Crippen LogP contribution < -0.4 is 10.6 Å². The number of methoxy groups -OCH3 is 1. The van der Waals surface area contributed by atoms with Crippen molar-refractivity contribution in [3.05, 3.63) is 29.8 Å². The van der Waals surface area contributed by atoms with E-state index in [0.29, 0.717) is 0 Å². The van der Waals surface area contributed by atoms with Gasteiger partial charge in [-0.15, -0.1) is 0 Å². The molecule has 1 amide bonds. The Balaban J connectivity index is 2.85. The minimum atomic E-state index is -0.708. The predicted octanol–water partition coefficient (Wildman–Crippen LogP) is 2.07. The first-order valence-electron chi connectivity index (χ1n) is 6.94. The van der Waals surface area contributed by atoms with Gasteiger partial charge in [-0.1, -0.05) is 39.0 Å². The van der Waals surface area contributed by atoms with Crippen LogP contribution in [0.3, 0.4) is 0 Å². The van der Waals surface area contributed by atoms with Crippen molar-refractivity contribution in [1.29, 1.82) is 0 Å². The quantitative estimate of drug-likeness (QED) is 0.815. The fraction of sp³-hybridized carbons (Fsp3) is 0.500. The van der Waals surface area contributed by atoms with Gasteiger partial charge < -0.3 is 15.4 Å². The molecule has 0 spiro atoms. The van der Waals surface area contributed by atoms with Crippen LogP contribution in [0.1, 0.15) is 33.3 Å². The molecule has 0 aliphatic carbocycles. The zero-order chi connectivity index (χ0) is 16.0. The third-order valence-corrected chi connectivity index (χ3v) is 3.09. The normalized spacial score (nSPS) is 12.4. The van der Waals surface area contributed by atoms with Crippen molar-refractivity contribution in [3.63, 3.8) is 0 Å². The van der Waals surface area contributed by atoms with Crippen LogP contribution in [-0.2, 0) is 19.7 Å². The minimum Gasteiger partial charge on any atom is -0.467 e. The third-order valence-electron chi connectivity index (χ3n) is 3.09. The number of para-hydroxylation sites is 1. The van der Waals surface area contributed by atoms with E-state index >= 15 is 0 Å². The Kier molecular flexibility index (Phi) is 5.76. The zero-order valence-corrected chi connectivity index (χ0v) is 13.3. The van der Waals surface area contributed by atoms with Crippen LogP contribution in [0.4, 0.5) is 5.69 Å². The van der Waals surface area contributed by atoms with Crippen molar-refractivity contribution in [2.45, 2.75) is 39.2 Å². The highest BCUT2D eigenvalue weighted by atomic mass is 16.5. The first kappa shape index (κ1) is 17.0. The first-order chi connectivity index (χ1) is 9.75. The van der Waals surface area contributed by atoms with Crippen LogP contribution in [0, 0.1) is 0 Å². The van der Waals surface area contributed by atoms with E-state index in [-0.39, 0.29) is 17.9 Å². The van der Waals surface area contributed by atoms with Gasteiger partial charge in [-0.25, -0.2) is 4.79 Å². The molecule has 0 aliphatic heterocycles. The highest BCUT2D eigenvalue weighted by Gasteiger charge is 2.22.